The Morgan fingerprint density at radius 2 is 1.95 bits per heavy atom. The summed E-state index contributed by atoms with van der Waals surface area (Å²) in [7, 11) is 0. The molecule has 1 unspecified atom stereocenters. The van der Waals surface area contributed by atoms with Gasteiger partial charge in [0.2, 0.25) is 0 Å². The van der Waals surface area contributed by atoms with Gasteiger partial charge >= 0.3 is 0 Å². The molecule has 4 nitrogen and oxygen atoms in total. The predicted molar refractivity (Wildman–Crippen MR) is 87.4 cm³/mol. The van der Waals surface area contributed by atoms with Crippen LogP contribution in [0.4, 0.5) is 0 Å². The lowest BCUT2D eigenvalue weighted by molar-refractivity contribution is 0.217. The summed E-state index contributed by atoms with van der Waals surface area (Å²) in [5.41, 5.74) is 7.32. The third-order valence-electron chi connectivity index (χ3n) is 4.08. The van der Waals surface area contributed by atoms with Gasteiger partial charge in [0.1, 0.15) is 0 Å². The lowest BCUT2D eigenvalue weighted by Gasteiger charge is -2.30. The Morgan fingerprint density at radius 1 is 1.10 bits per heavy atom. The Balaban J connectivity index is 1.81. The van der Waals surface area contributed by atoms with E-state index in [-0.39, 0.29) is 6.04 Å². The third kappa shape index (κ3) is 3.65. The molecule has 0 amide bonds. The van der Waals surface area contributed by atoms with Gasteiger partial charge in [-0.3, -0.25) is 4.90 Å². The summed E-state index contributed by atoms with van der Waals surface area (Å²) in [5.74, 6) is 4.18. The molecule has 1 aromatic rings. The highest BCUT2D eigenvalue weighted by molar-refractivity contribution is 7.99. The van der Waals surface area contributed by atoms with Gasteiger partial charge in [-0.15, -0.1) is 0 Å². The molecule has 21 heavy (non-hydrogen) atoms. The minimum atomic E-state index is 0.279. The molecule has 1 atom stereocenters. The molecule has 2 aliphatic heterocycles. The van der Waals surface area contributed by atoms with E-state index in [9.17, 15) is 0 Å². The molecule has 1 aromatic carbocycles. The number of benzene rings is 1. The second-order valence-electron chi connectivity index (χ2n) is 5.51. The van der Waals surface area contributed by atoms with E-state index in [1.165, 1.54) is 23.5 Å². The Morgan fingerprint density at radius 3 is 2.81 bits per heavy atom. The maximum absolute atomic E-state index is 6.07. The van der Waals surface area contributed by atoms with Gasteiger partial charge in [0.15, 0.2) is 11.5 Å². The first kappa shape index (κ1) is 15.0. The van der Waals surface area contributed by atoms with Gasteiger partial charge in [0.25, 0.3) is 0 Å². The van der Waals surface area contributed by atoms with E-state index in [4.69, 9.17) is 15.2 Å². The molecule has 2 aliphatic rings. The van der Waals surface area contributed by atoms with Crippen LogP contribution in [0.3, 0.4) is 0 Å². The molecule has 116 valence electrons. The van der Waals surface area contributed by atoms with Crippen LogP contribution in [-0.4, -0.2) is 49.3 Å². The number of rotatable bonds is 3. The minimum absolute atomic E-state index is 0.279. The topological polar surface area (TPSA) is 47.7 Å². The van der Waals surface area contributed by atoms with E-state index < -0.39 is 0 Å². The van der Waals surface area contributed by atoms with Crippen molar-refractivity contribution in [2.24, 2.45) is 5.73 Å². The molecule has 0 saturated carbocycles. The van der Waals surface area contributed by atoms with Gasteiger partial charge < -0.3 is 15.2 Å². The Labute approximate surface area is 131 Å². The molecule has 3 rings (SSSR count). The quantitative estimate of drug-likeness (QED) is 0.928. The SMILES string of the molecule is NCC(c1ccc2c(c1)OCCCO2)N1CCCSCC1. The van der Waals surface area contributed by atoms with E-state index >= 15 is 0 Å². The van der Waals surface area contributed by atoms with Crippen LogP contribution in [0, 0.1) is 0 Å². The Kier molecular flexibility index (Phi) is 5.27. The molecular weight excluding hydrogens is 284 g/mol. The van der Waals surface area contributed by atoms with Gasteiger partial charge in [-0.1, -0.05) is 6.07 Å². The molecule has 2 heterocycles. The number of hydrogen-bond acceptors (Lipinski definition) is 5. The molecule has 0 aliphatic carbocycles. The Bertz CT molecular complexity index is 462. The maximum Gasteiger partial charge on any atom is 0.161 e. The van der Waals surface area contributed by atoms with Gasteiger partial charge in [-0.2, -0.15) is 11.8 Å². The first-order valence-electron chi connectivity index (χ1n) is 7.80. The van der Waals surface area contributed by atoms with Crippen molar-refractivity contribution in [3.63, 3.8) is 0 Å². The zero-order valence-electron chi connectivity index (χ0n) is 12.4. The lowest BCUT2D eigenvalue weighted by atomic mass is 10.0. The highest BCUT2D eigenvalue weighted by Crippen LogP contribution is 2.34. The van der Waals surface area contributed by atoms with Crippen LogP contribution < -0.4 is 15.2 Å². The number of thioether (sulfide) groups is 1. The molecule has 1 fully saturated rings. The van der Waals surface area contributed by atoms with Crippen LogP contribution in [0.5, 0.6) is 11.5 Å². The summed E-state index contributed by atoms with van der Waals surface area (Å²) in [4.78, 5) is 2.51. The van der Waals surface area contributed by atoms with Gasteiger partial charge in [-0.25, -0.2) is 0 Å². The molecule has 5 heteroatoms. The van der Waals surface area contributed by atoms with Gasteiger partial charge in [-0.05, 0) is 36.4 Å². The molecule has 0 bridgehead atoms. The van der Waals surface area contributed by atoms with Crippen molar-refractivity contribution in [2.75, 3.05) is 44.4 Å². The van der Waals surface area contributed by atoms with E-state index in [1.54, 1.807) is 0 Å². The second kappa shape index (κ2) is 7.38. The predicted octanol–water partition coefficient (Wildman–Crippen LogP) is 2.29. The van der Waals surface area contributed by atoms with Crippen molar-refractivity contribution in [1.29, 1.82) is 0 Å². The largest absolute Gasteiger partial charge is 0.490 e. The van der Waals surface area contributed by atoms with Crippen molar-refractivity contribution in [1.82, 2.24) is 4.90 Å². The van der Waals surface area contributed by atoms with Crippen LogP contribution in [0.25, 0.3) is 0 Å². The molecular formula is C16H24N2O2S. The van der Waals surface area contributed by atoms with Crippen molar-refractivity contribution < 1.29 is 9.47 Å². The summed E-state index contributed by atoms with van der Waals surface area (Å²) >= 11 is 2.04. The minimum Gasteiger partial charge on any atom is -0.490 e. The van der Waals surface area contributed by atoms with Crippen molar-refractivity contribution in [2.45, 2.75) is 18.9 Å². The van der Waals surface area contributed by atoms with Crippen LogP contribution >= 0.6 is 11.8 Å². The van der Waals surface area contributed by atoms with E-state index in [1.807, 2.05) is 17.8 Å². The highest BCUT2D eigenvalue weighted by Gasteiger charge is 2.22. The lowest BCUT2D eigenvalue weighted by Crippen LogP contribution is -2.35. The maximum atomic E-state index is 6.07. The summed E-state index contributed by atoms with van der Waals surface area (Å²) in [6.45, 7) is 4.34. The Hall–Kier alpha value is -0.910. The van der Waals surface area contributed by atoms with Crippen molar-refractivity contribution >= 4 is 11.8 Å². The number of hydrogen-bond donors (Lipinski definition) is 1. The number of nitrogens with zero attached hydrogens (tertiary/aromatic N) is 1. The normalized spacial score (nSPS) is 21.4. The van der Waals surface area contributed by atoms with Crippen LogP contribution in [0.1, 0.15) is 24.4 Å². The van der Waals surface area contributed by atoms with E-state index in [2.05, 4.69) is 17.0 Å². The molecule has 2 N–H and O–H groups in total. The van der Waals surface area contributed by atoms with Crippen LogP contribution in [0.2, 0.25) is 0 Å². The van der Waals surface area contributed by atoms with Crippen molar-refractivity contribution in [3.8, 4) is 11.5 Å². The summed E-state index contributed by atoms with van der Waals surface area (Å²) in [6.07, 6.45) is 2.18. The van der Waals surface area contributed by atoms with E-state index in [0.29, 0.717) is 6.54 Å². The van der Waals surface area contributed by atoms with Gasteiger partial charge in [0.05, 0.1) is 13.2 Å². The summed E-state index contributed by atoms with van der Waals surface area (Å²) in [5, 5.41) is 0. The zero-order chi connectivity index (χ0) is 14.5. The monoisotopic (exact) mass is 308 g/mol. The number of nitrogens with two attached hydrogens (primary N) is 1. The van der Waals surface area contributed by atoms with E-state index in [0.717, 1.165) is 44.2 Å². The standard InChI is InChI=1S/C16H24N2O2S/c17-12-14(18-5-1-9-21-10-6-18)13-3-4-15-16(11-13)20-8-2-7-19-15/h3-4,11,14H,1-2,5-10,12,17H2. The molecule has 0 radical (unpaired) electrons. The second-order valence-corrected chi connectivity index (χ2v) is 6.73. The number of ether oxygens (including phenoxy) is 2. The highest BCUT2D eigenvalue weighted by atomic mass is 32.2. The average Bonchev–Trinajstić information content (AvgIpc) is 2.90. The molecule has 0 spiro atoms. The van der Waals surface area contributed by atoms with Crippen LogP contribution in [-0.2, 0) is 0 Å². The first-order valence-corrected chi connectivity index (χ1v) is 8.95. The summed E-state index contributed by atoms with van der Waals surface area (Å²) < 4.78 is 11.5. The molecule has 1 saturated heterocycles. The fourth-order valence-electron chi connectivity index (χ4n) is 2.96. The third-order valence-corrected chi connectivity index (χ3v) is 5.13. The first-order chi connectivity index (χ1) is 10.4. The van der Waals surface area contributed by atoms with Crippen molar-refractivity contribution in [3.05, 3.63) is 23.8 Å². The summed E-state index contributed by atoms with van der Waals surface area (Å²) in [6, 6.07) is 6.57. The van der Waals surface area contributed by atoms with Crippen LogP contribution in [0.15, 0.2) is 18.2 Å². The fourth-order valence-corrected chi connectivity index (χ4v) is 3.86. The zero-order valence-corrected chi connectivity index (χ0v) is 13.2. The fraction of sp³-hybridized carbons (Fsp3) is 0.625. The number of fused-ring (bicyclic) bond motifs is 1. The average molecular weight is 308 g/mol. The molecule has 0 aromatic heterocycles. The van der Waals surface area contributed by atoms with Gasteiger partial charge in [0, 0.05) is 31.3 Å². The smallest absolute Gasteiger partial charge is 0.161 e.